The largest absolute Gasteiger partial charge is 0.351 e. The average Bonchev–Trinajstić information content (AvgIpc) is 2.90. The third-order valence-corrected chi connectivity index (χ3v) is 2.48. The molecule has 5 heteroatoms. The van der Waals surface area contributed by atoms with E-state index in [1.165, 1.54) is 6.20 Å². The van der Waals surface area contributed by atoms with E-state index in [9.17, 15) is 4.79 Å². The van der Waals surface area contributed by atoms with Gasteiger partial charge in [0.05, 0.1) is 6.20 Å². The summed E-state index contributed by atoms with van der Waals surface area (Å²) in [6, 6.07) is 5.44. The summed E-state index contributed by atoms with van der Waals surface area (Å²) >= 11 is 0. The van der Waals surface area contributed by atoms with Crippen LogP contribution in [0.25, 0.3) is 0 Å². The summed E-state index contributed by atoms with van der Waals surface area (Å²) in [6.45, 7) is 0.629. The predicted octanol–water partition coefficient (Wildman–Crippen LogP) is 1.38. The predicted molar refractivity (Wildman–Crippen MR) is 61.4 cm³/mol. The maximum Gasteiger partial charge on any atom is 0.292 e. The van der Waals surface area contributed by atoms with Crippen molar-refractivity contribution in [3.63, 3.8) is 0 Å². The van der Waals surface area contributed by atoms with Crippen molar-refractivity contribution in [2.75, 3.05) is 13.6 Å². The third kappa shape index (κ3) is 2.90. The maximum absolute atomic E-state index is 11.8. The van der Waals surface area contributed by atoms with Crippen LogP contribution in [0.1, 0.15) is 16.1 Å². The molecule has 17 heavy (non-hydrogen) atoms. The zero-order valence-corrected chi connectivity index (χ0v) is 9.54. The first-order valence-corrected chi connectivity index (χ1v) is 5.32. The van der Waals surface area contributed by atoms with Gasteiger partial charge < -0.3 is 9.42 Å². The summed E-state index contributed by atoms with van der Waals surface area (Å²) in [5, 5.41) is 3.51. The molecule has 0 aliphatic carbocycles. The van der Waals surface area contributed by atoms with Crippen molar-refractivity contribution < 1.29 is 9.32 Å². The van der Waals surface area contributed by atoms with Gasteiger partial charge in [-0.3, -0.25) is 9.78 Å². The monoisotopic (exact) mass is 231 g/mol. The first kappa shape index (κ1) is 11.3. The van der Waals surface area contributed by atoms with Crippen LogP contribution >= 0.6 is 0 Å². The summed E-state index contributed by atoms with van der Waals surface area (Å²) in [5.74, 6) is 0.110. The molecule has 88 valence electrons. The highest BCUT2D eigenvalue weighted by Crippen LogP contribution is 2.04. The summed E-state index contributed by atoms with van der Waals surface area (Å²) < 4.78 is 4.82. The molecule has 1 amide bonds. The van der Waals surface area contributed by atoms with Crippen molar-refractivity contribution in [1.82, 2.24) is 15.0 Å². The zero-order valence-electron chi connectivity index (χ0n) is 9.54. The molecule has 0 aliphatic heterocycles. The summed E-state index contributed by atoms with van der Waals surface area (Å²) in [6.07, 6.45) is 5.74. The van der Waals surface area contributed by atoms with E-state index < -0.39 is 0 Å². The Hall–Kier alpha value is -2.17. The average molecular weight is 231 g/mol. The second-order valence-corrected chi connectivity index (χ2v) is 3.71. The number of hydrogen-bond acceptors (Lipinski definition) is 4. The minimum absolute atomic E-state index is 0.156. The van der Waals surface area contributed by atoms with Gasteiger partial charge in [-0.25, -0.2) is 0 Å². The number of rotatable bonds is 4. The number of nitrogens with zero attached hydrogens (tertiary/aromatic N) is 3. The molecule has 0 spiro atoms. The smallest absolute Gasteiger partial charge is 0.292 e. The Morgan fingerprint density at radius 2 is 2.06 bits per heavy atom. The van der Waals surface area contributed by atoms with Crippen LogP contribution in [0.2, 0.25) is 0 Å². The topological polar surface area (TPSA) is 59.2 Å². The van der Waals surface area contributed by atoms with E-state index >= 15 is 0 Å². The van der Waals surface area contributed by atoms with Crippen molar-refractivity contribution >= 4 is 5.91 Å². The van der Waals surface area contributed by atoms with Crippen LogP contribution in [0.5, 0.6) is 0 Å². The number of carbonyl (C=O) groups excluding carboxylic acids is 1. The van der Waals surface area contributed by atoms with Gasteiger partial charge in [0.15, 0.2) is 0 Å². The summed E-state index contributed by atoms with van der Waals surface area (Å²) in [7, 11) is 1.74. The molecule has 0 unspecified atom stereocenters. The molecule has 0 aromatic carbocycles. The Morgan fingerprint density at radius 3 is 2.71 bits per heavy atom. The standard InChI is InChI=1S/C12H13N3O2/c1-15(12(16)11-4-8-14-17-11)9-5-10-2-6-13-7-3-10/h2-4,6-8H,5,9H2,1H3. The van der Waals surface area contributed by atoms with Gasteiger partial charge in [-0.1, -0.05) is 5.16 Å². The van der Waals surface area contributed by atoms with Crippen LogP contribution in [-0.4, -0.2) is 34.5 Å². The second-order valence-electron chi connectivity index (χ2n) is 3.71. The van der Waals surface area contributed by atoms with Crippen molar-refractivity contribution in [3.05, 3.63) is 48.1 Å². The molecule has 2 aromatic rings. The molecule has 0 atom stereocenters. The van der Waals surface area contributed by atoms with Gasteiger partial charge in [0.2, 0.25) is 5.76 Å². The van der Waals surface area contributed by atoms with Gasteiger partial charge in [0.25, 0.3) is 5.91 Å². The molecule has 0 saturated heterocycles. The summed E-state index contributed by atoms with van der Waals surface area (Å²) in [5.41, 5.74) is 1.15. The lowest BCUT2D eigenvalue weighted by atomic mass is 10.2. The van der Waals surface area contributed by atoms with Crippen LogP contribution < -0.4 is 0 Å². The molecule has 2 rings (SSSR count). The first-order chi connectivity index (χ1) is 8.27. The van der Waals surface area contributed by atoms with Gasteiger partial charge in [0, 0.05) is 32.1 Å². The van der Waals surface area contributed by atoms with Gasteiger partial charge >= 0.3 is 0 Å². The van der Waals surface area contributed by atoms with E-state index in [1.807, 2.05) is 12.1 Å². The fourth-order valence-corrected chi connectivity index (χ4v) is 1.46. The number of amides is 1. The lowest BCUT2D eigenvalue weighted by Crippen LogP contribution is -2.28. The Labute approximate surface area is 99.1 Å². The molecule has 5 nitrogen and oxygen atoms in total. The van der Waals surface area contributed by atoms with E-state index in [0.717, 1.165) is 12.0 Å². The Bertz CT molecular complexity index is 468. The van der Waals surface area contributed by atoms with Crippen LogP contribution in [-0.2, 0) is 6.42 Å². The minimum atomic E-state index is -0.156. The molecular formula is C12H13N3O2. The van der Waals surface area contributed by atoms with Gasteiger partial charge in [0.1, 0.15) is 0 Å². The van der Waals surface area contributed by atoms with E-state index in [2.05, 4.69) is 10.1 Å². The highest BCUT2D eigenvalue weighted by atomic mass is 16.5. The van der Waals surface area contributed by atoms with E-state index in [0.29, 0.717) is 6.54 Å². The number of hydrogen-bond donors (Lipinski definition) is 0. The lowest BCUT2D eigenvalue weighted by Gasteiger charge is -2.14. The highest BCUT2D eigenvalue weighted by molar-refractivity contribution is 5.91. The Morgan fingerprint density at radius 1 is 1.29 bits per heavy atom. The molecule has 0 fully saturated rings. The van der Waals surface area contributed by atoms with E-state index in [4.69, 9.17) is 4.52 Å². The summed E-state index contributed by atoms with van der Waals surface area (Å²) in [4.78, 5) is 17.4. The van der Waals surface area contributed by atoms with Crippen molar-refractivity contribution in [3.8, 4) is 0 Å². The number of likely N-dealkylation sites (N-methyl/N-ethyl adjacent to an activating group) is 1. The van der Waals surface area contributed by atoms with Crippen LogP contribution in [0.4, 0.5) is 0 Å². The number of carbonyl (C=O) groups is 1. The molecule has 0 aliphatic rings. The molecule has 2 heterocycles. The molecule has 0 radical (unpaired) electrons. The molecule has 0 N–H and O–H groups in total. The highest BCUT2D eigenvalue weighted by Gasteiger charge is 2.14. The zero-order chi connectivity index (χ0) is 12.1. The van der Waals surface area contributed by atoms with E-state index in [1.54, 1.807) is 30.4 Å². The second kappa shape index (κ2) is 5.25. The van der Waals surface area contributed by atoms with Gasteiger partial charge in [-0.15, -0.1) is 0 Å². The normalized spacial score (nSPS) is 10.2. The molecule has 0 bridgehead atoms. The Kier molecular flexibility index (Phi) is 3.49. The minimum Gasteiger partial charge on any atom is -0.351 e. The molecule has 0 saturated carbocycles. The SMILES string of the molecule is CN(CCc1ccncc1)C(=O)c1ccno1. The van der Waals surface area contributed by atoms with Crippen molar-refractivity contribution in [2.24, 2.45) is 0 Å². The Balaban J connectivity index is 1.90. The number of aromatic nitrogens is 2. The van der Waals surface area contributed by atoms with Crippen molar-refractivity contribution in [2.45, 2.75) is 6.42 Å². The van der Waals surface area contributed by atoms with Crippen molar-refractivity contribution in [1.29, 1.82) is 0 Å². The van der Waals surface area contributed by atoms with Crippen LogP contribution in [0, 0.1) is 0 Å². The van der Waals surface area contributed by atoms with Crippen LogP contribution in [0.15, 0.2) is 41.3 Å². The molecular weight excluding hydrogens is 218 g/mol. The van der Waals surface area contributed by atoms with Gasteiger partial charge in [-0.05, 0) is 24.1 Å². The number of pyridine rings is 1. The molecule has 2 aromatic heterocycles. The third-order valence-electron chi connectivity index (χ3n) is 2.48. The van der Waals surface area contributed by atoms with E-state index in [-0.39, 0.29) is 11.7 Å². The quantitative estimate of drug-likeness (QED) is 0.797. The fraction of sp³-hybridized carbons (Fsp3) is 0.250. The maximum atomic E-state index is 11.8. The lowest BCUT2D eigenvalue weighted by molar-refractivity contribution is 0.0755. The van der Waals surface area contributed by atoms with Gasteiger partial charge in [-0.2, -0.15) is 0 Å². The fourth-order valence-electron chi connectivity index (χ4n) is 1.46. The van der Waals surface area contributed by atoms with Crippen LogP contribution in [0.3, 0.4) is 0 Å². The first-order valence-electron chi connectivity index (χ1n) is 5.32.